The molecule has 0 saturated heterocycles. The Kier molecular flexibility index (Phi) is 10.6. The van der Waals surface area contributed by atoms with Crippen LogP contribution in [-0.4, -0.2) is 61.8 Å². The van der Waals surface area contributed by atoms with E-state index >= 15 is 0 Å². The highest BCUT2D eigenvalue weighted by Crippen LogP contribution is 2.20. The SMILES string of the molecule is CCCCCOC(=O)C(O)(CC(=O)OC(=O)OC)CC(=O)OC(=O)OC. The van der Waals surface area contributed by atoms with E-state index in [9.17, 15) is 29.1 Å². The molecule has 0 rings (SSSR count). The molecular formula is C15H22O11. The fraction of sp³-hybridized carbons (Fsp3) is 0.667. The van der Waals surface area contributed by atoms with Crippen LogP contribution < -0.4 is 0 Å². The summed E-state index contributed by atoms with van der Waals surface area (Å²) in [7, 11) is 1.88. The minimum atomic E-state index is -2.71. The molecule has 0 bridgehead atoms. The molecular weight excluding hydrogens is 356 g/mol. The second-order valence-corrected chi connectivity index (χ2v) is 5.08. The normalized spacial score (nSPS) is 10.5. The highest BCUT2D eigenvalue weighted by Gasteiger charge is 2.44. The number of carbonyl (C=O) groups is 5. The van der Waals surface area contributed by atoms with Crippen molar-refractivity contribution >= 4 is 30.2 Å². The van der Waals surface area contributed by atoms with Crippen molar-refractivity contribution < 1.29 is 52.8 Å². The van der Waals surface area contributed by atoms with Crippen molar-refractivity contribution in [2.75, 3.05) is 20.8 Å². The Morgan fingerprint density at radius 2 is 1.31 bits per heavy atom. The van der Waals surface area contributed by atoms with E-state index < -0.39 is 48.7 Å². The van der Waals surface area contributed by atoms with Gasteiger partial charge in [0.25, 0.3) is 0 Å². The number of esters is 3. The van der Waals surface area contributed by atoms with E-state index in [2.05, 4.69) is 18.9 Å². The average Bonchev–Trinajstić information content (AvgIpc) is 2.57. The minimum Gasteiger partial charge on any atom is -0.464 e. The van der Waals surface area contributed by atoms with Crippen LogP contribution in [0.4, 0.5) is 9.59 Å². The van der Waals surface area contributed by atoms with Gasteiger partial charge in [0.15, 0.2) is 5.60 Å². The minimum absolute atomic E-state index is 0.0624. The summed E-state index contributed by atoms with van der Waals surface area (Å²) in [5.74, 6) is -4.01. The summed E-state index contributed by atoms with van der Waals surface area (Å²) in [6.45, 7) is 1.86. The van der Waals surface area contributed by atoms with Crippen LogP contribution in [-0.2, 0) is 38.1 Å². The Hall–Kier alpha value is -2.69. The van der Waals surface area contributed by atoms with Gasteiger partial charge in [0.2, 0.25) is 0 Å². The molecule has 1 N–H and O–H groups in total. The van der Waals surface area contributed by atoms with E-state index in [1.54, 1.807) is 0 Å². The molecule has 0 radical (unpaired) electrons. The fourth-order valence-corrected chi connectivity index (χ4v) is 1.68. The standard InChI is InChI=1S/C15H22O11/c1-4-5-6-7-24-12(18)15(21,8-10(16)25-13(19)22-2)9-11(17)26-14(20)23-3/h21H,4-9H2,1-3H3. The van der Waals surface area contributed by atoms with E-state index in [-0.39, 0.29) is 6.61 Å². The van der Waals surface area contributed by atoms with Crippen LogP contribution in [0.5, 0.6) is 0 Å². The lowest BCUT2D eigenvalue weighted by Crippen LogP contribution is -2.45. The van der Waals surface area contributed by atoms with Crippen molar-refractivity contribution in [2.24, 2.45) is 0 Å². The van der Waals surface area contributed by atoms with E-state index in [0.717, 1.165) is 27.1 Å². The van der Waals surface area contributed by atoms with Crippen LogP contribution in [0.15, 0.2) is 0 Å². The highest BCUT2D eigenvalue weighted by atomic mass is 16.7. The molecule has 0 amide bonds. The Labute approximate surface area is 149 Å². The Morgan fingerprint density at radius 1 is 0.846 bits per heavy atom. The van der Waals surface area contributed by atoms with Gasteiger partial charge in [0.05, 0.1) is 33.7 Å². The first-order chi connectivity index (χ1) is 12.2. The number of rotatable bonds is 9. The lowest BCUT2D eigenvalue weighted by Gasteiger charge is -2.23. The molecule has 11 heteroatoms. The average molecular weight is 378 g/mol. The van der Waals surface area contributed by atoms with E-state index in [1.807, 2.05) is 6.92 Å². The predicted octanol–water partition coefficient (Wildman–Crippen LogP) is 0.850. The Balaban J connectivity index is 5.07. The highest BCUT2D eigenvalue weighted by molar-refractivity contribution is 5.93. The lowest BCUT2D eigenvalue weighted by molar-refractivity contribution is -0.176. The molecule has 0 fully saturated rings. The summed E-state index contributed by atoms with van der Waals surface area (Å²) in [6.07, 6.45) is -2.86. The van der Waals surface area contributed by atoms with Gasteiger partial charge >= 0.3 is 30.2 Å². The van der Waals surface area contributed by atoms with Crippen LogP contribution in [0.3, 0.4) is 0 Å². The molecule has 148 valence electrons. The maximum Gasteiger partial charge on any atom is 0.515 e. The molecule has 0 saturated carbocycles. The predicted molar refractivity (Wildman–Crippen MR) is 81.7 cm³/mol. The van der Waals surface area contributed by atoms with Crippen molar-refractivity contribution in [3.63, 3.8) is 0 Å². The Bertz CT molecular complexity index is 494. The summed E-state index contributed by atoms with van der Waals surface area (Å²) in [6, 6.07) is 0. The van der Waals surface area contributed by atoms with Gasteiger partial charge < -0.3 is 28.8 Å². The largest absolute Gasteiger partial charge is 0.515 e. The van der Waals surface area contributed by atoms with Gasteiger partial charge in [-0.1, -0.05) is 19.8 Å². The molecule has 0 atom stereocenters. The van der Waals surface area contributed by atoms with Crippen molar-refractivity contribution in [1.29, 1.82) is 0 Å². The second kappa shape index (κ2) is 11.8. The van der Waals surface area contributed by atoms with Gasteiger partial charge in [-0.25, -0.2) is 14.4 Å². The van der Waals surface area contributed by atoms with E-state index in [4.69, 9.17) is 4.74 Å². The summed E-state index contributed by atoms with van der Waals surface area (Å²) in [5, 5.41) is 10.4. The summed E-state index contributed by atoms with van der Waals surface area (Å²) in [4.78, 5) is 57.2. The van der Waals surface area contributed by atoms with E-state index in [1.165, 1.54) is 0 Å². The monoisotopic (exact) mass is 378 g/mol. The third-order valence-corrected chi connectivity index (χ3v) is 2.96. The van der Waals surface area contributed by atoms with Gasteiger partial charge in [0, 0.05) is 0 Å². The molecule has 26 heavy (non-hydrogen) atoms. The molecule has 0 heterocycles. The van der Waals surface area contributed by atoms with Gasteiger partial charge in [-0.3, -0.25) is 9.59 Å². The molecule has 0 aliphatic heterocycles. The van der Waals surface area contributed by atoms with Crippen LogP contribution in [0.1, 0.15) is 39.0 Å². The van der Waals surface area contributed by atoms with Crippen LogP contribution in [0.25, 0.3) is 0 Å². The first-order valence-electron chi connectivity index (χ1n) is 7.65. The molecule has 0 aliphatic carbocycles. The molecule has 11 nitrogen and oxygen atoms in total. The van der Waals surface area contributed by atoms with Crippen molar-refractivity contribution in [1.82, 2.24) is 0 Å². The number of carbonyl (C=O) groups excluding carboxylic acids is 5. The first kappa shape index (κ1) is 23.3. The number of aliphatic hydroxyl groups is 1. The van der Waals surface area contributed by atoms with E-state index in [0.29, 0.717) is 6.42 Å². The molecule has 0 aromatic carbocycles. The zero-order valence-electron chi connectivity index (χ0n) is 14.8. The molecule has 0 aliphatic rings. The third kappa shape index (κ3) is 8.97. The quantitative estimate of drug-likeness (QED) is 0.263. The van der Waals surface area contributed by atoms with Gasteiger partial charge in [-0.15, -0.1) is 0 Å². The number of unbranched alkanes of at least 4 members (excludes halogenated alkanes) is 2. The van der Waals surface area contributed by atoms with Crippen molar-refractivity contribution in [2.45, 2.75) is 44.6 Å². The zero-order valence-corrected chi connectivity index (χ0v) is 14.8. The molecule has 0 spiro atoms. The number of methoxy groups -OCH3 is 2. The first-order valence-corrected chi connectivity index (χ1v) is 7.65. The van der Waals surface area contributed by atoms with Gasteiger partial charge in [-0.05, 0) is 6.42 Å². The second-order valence-electron chi connectivity index (χ2n) is 5.08. The van der Waals surface area contributed by atoms with Crippen LogP contribution in [0.2, 0.25) is 0 Å². The zero-order chi connectivity index (χ0) is 20.2. The van der Waals surface area contributed by atoms with Crippen molar-refractivity contribution in [3.8, 4) is 0 Å². The number of ether oxygens (including phenoxy) is 5. The number of hydrogen-bond donors (Lipinski definition) is 1. The topological polar surface area (TPSA) is 152 Å². The van der Waals surface area contributed by atoms with Gasteiger partial charge in [-0.2, -0.15) is 0 Å². The fourth-order valence-electron chi connectivity index (χ4n) is 1.68. The number of hydrogen-bond acceptors (Lipinski definition) is 11. The molecule has 0 unspecified atom stereocenters. The smallest absolute Gasteiger partial charge is 0.464 e. The van der Waals surface area contributed by atoms with Gasteiger partial charge in [0.1, 0.15) is 0 Å². The van der Waals surface area contributed by atoms with Crippen LogP contribution in [0, 0.1) is 0 Å². The Morgan fingerprint density at radius 3 is 1.69 bits per heavy atom. The molecule has 0 aromatic rings. The maximum absolute atomic E-state index is 12.1. The summed E-state index contributed by atoms with van der Waals surface area (Å²) >= 11 is 0. The summed E-state index contributed by atoms with van der Waals surface area (Å²) < 4.78 is 21.4. The lowest BCUT2D eigenvalue weighted by atomic mass is 9.95. The summed E-state index contributed by atoms with van der Waals surface area (Å²) in [5.41, 5.74) is -2.71. The maximum atomic E-state index is 12.1. The third-order valence-electron chi connectivity index (χ3n) is 2.96. The van der Waals surface area contributed by atoms with Crippen LogP contribution >= 0.6 is 0 Å². The molecule has 0 aromatic heterocycles. The van der Waals surface area contributed by atoms with Crippen molar-refractivity contribution in [3.05, 3.63) is 0 Å².